The second-order valence-electron chi connectivity index (χ2n) is 7.01. The lowest BCUT2D eigenvalue weighted by Gasteiger charge is -2.12. The van der Waals surface area contributed by atoms with Crippen LogP contribution in [0.5, 0.6) is 5.75 Å². The van der Waals surface area contributed by atoms with E-state index in [9.17, 15) is 13.5 Å². The molecule has 0 bridgehead atoms. The number of aromatic hydroxyl groups is 1. The lowest BCUT2D eigenvalue weighted by atomic mass is 10.1. The van der Waals surface area contributed by atoms with Crippen LogP contribution in [0.25, 0.3) is 10.8 Å². The first kappa shape index (κ1) is 21.1. The van der Waals surface area contributed by atoms with Crippen LogP contribution in [0.2, 0.25) is 0 Å². The number of sulfone groups is 1. The van der Waals surface area contributed by atoms with E-state index in [1.165, 1.54) is 6.07 Å². The molecular formula is C23H19N5O3S. The Bertz CT molecular complexity index is 1450. The Balaban J connectivity index is 1.89. The molecule has 0 heterocycles. The molecular weight excluding hydrogens is 426 g/mol. The van der Waals surface area contributed by atoms with Gasteiger partial charge in [0.25, 0.3) is 0 Å². The molecule has 0 saturated heterocycles. The number of azo groups is 2. The van der Waals surface area contributed by atoms with Gasteiger partial charge in [0.1, 0.15) is 11.4 Å². The van der Waals surface area contributed by atoms with E-state index in [1.54, 1.807) is 48.5 Å². The molecule has 32 heavy (non-hydrogen) atoms. The summed E-state index contributed by atoms with van der Waals surface area (Å²) >= 11 is 0. The molecule has 0 saturated carbocycles. The van der Waals surface area contributed by atoms with Crippen molar-refractivity contribution in [2.45, 2.75) is 4.90 Å². The summed E-state index contributed by atoms with van der Waals surface area (Å²) < 4.78 is 24.8. The highest BCUT2D eigenvalue weighted by Crippen LogP contribution is 2.46. The second-order valence-corrected chi connectivity index (χ2v) is 9.00. The highest BCUT2D eigenvalue weighted by molar-refractivity contribution is 7.90. The maximum Gasteiger partial charge on any atom is 0.177 e. The smallest absolute Gasteiger partial charge is 0.177 e. The van der Waals surface area contributed by atoms with Crippen LogP contribution in [0.15, 0.2) is 104 Å². The van der Waals surface area contributed by atoms with Gasteiger partial charge in [0.15, 0.2) is 15.6 Å². The fourth-order valence-corrected chi connectivity index (χ4v) is 3.96. The maximum atomic E-state index is 12.4. The minimum absolute atomic E-state index is 0.149. The third kappa shape index (κ3) is 4.33. The molecule has 0 amide bonds. The Hall–Kier alpha value is -4.11. The first-order valence-electron chi connectivity index (χ1n) is 9.56. The van der Waals surface area contributed by atoms with Crippen LogP contribution < -0.4 is 5.73 Å². The standard InChI is InChI=1S/C23H19N5O3S/c1-32(30,31)19-14-15-12-13-18(27-25-16-8-4-2-5-9-16)21(24)20(15)23(29)22(19)28-26-17-10-6-3-7-11-17/h2-14,29H,24H2,1H3. The molecule has 0 aliphatic heterocycles. The molecule has 4 rings (SSSR count). The Kier molecular flexibility index (Phi) is 5.65. The number of hydrogen-bond acceptors (Lipinski definition) is 8. The minimum atomic E-state index is -3.72. The van der Waals surface area contributed by atoms with E-state index in [4.69, 9.17) is 5.73 Å². The monoisotopic (exact) mass is 445 g/mol. The van der Waals surface area contributed by atoms with E-state index in [-0.39, 0.29) is 21.7 Å². The molecule has 0 radical (unpaired) electrons. The Morgan fingerprint density at radius 1 is 0.781 bits per heavy atom. The van der Waals surface area contributed by atoms with E-state index >= 15 is 0 Å². The van der Waals surface area contributed by atoms with Crippen molar-refractivity contribution < 1.29 is 13.5 Å². The van der Waals surface area contributed by atoms with Crippen LogP contribution in [0.3, 0.4) is 0 Å². The number of fused-ring (bicyclic) bond motifs is 1. The molecule has 0 unspecified atom stereocenters. The molecule has 4 aromatic rings. The Morgan fingerprint density at radius 3 is 1.91 bits per heavy atom. The van der Waals surface area contributed by atoms with Gasteiger partial charge in [-0.1, -0.05) is 42.5 Å². The van der Waals surface area contributed by atoms with E-state index in [1.807, 2.05) is 24.3 Å². The highest BCUT2D eigenvalue weighted by atomic mass is 32.2. The predicted molar refractivity (Wildman–Crippen MR) is 124 cm³/mol. The van der Waals surface area contributed by atoms with Crippen LogP contribution in [0, 0.1) is 0 Å². The van der Waals surface area contributed by atoms with Gasteiger partial charge in [-0.3, -0.25) is 0 Å². The van der Waals surface area contributed by atoms with Crippen LogP contribution in [0.4, 0.5) is 28.4 Å². The van der Waals surface area contributed by atoms with Crippen molar-refractivity contribution in [1.29, 1.82) is 0 Å². The first-order chi connectivity index (χ1) is 15.3. The van der Waals surface area contributed by atoms with Crippen LogP contribution in [0.1, 0.15) is 0 Å². The zero-order chi connectivity index (χ0) is 22.7. The average Bonchev–Trinajstić information content (AvgIpc) is 2.78. The molecule has 0 aliphatic rings. The van der Waals surface area contributed by atoms with Gasteiger partial charge in [-0.25, -0.2) is 8.42 Å². The molecule has 4 aromatic carbocycles. The number of phenolic OH excluding ortho intramolecular Hbond substituents is 1. The zero-order valence-corrected chi connectivity index (χ0v) is 17.9. The van der Waals surface area contributed by atoms with Gasteiger partial charge in [-0.2, -0.15) is 10.2 Å². The molecule has 3 N–H and O–H groups in total. The van der Waals surface area contributed by atoms with E-state index in [0.717, 1.165) is 6.26 Å². The topological polar surface area (TPSA) is 130 Å². The number of hydrogen-bond donors (Lipinski definition) is 2. The zero-order valence-electron chi connectivity index (χ0n) is 17.0. The number of phenols is 1. The average molecular weight is 446 g/mol. The largest absolute Gasteiger partial charge is 0.505 e. The van der Waals surface area contributed by atoms with Gasteiger partial charge in [-0.15, -0.1) is 10.2 Å². The lowest BCUT2D eigenvalue weighted by Crippen LogP contribution is -1.99. The Morgan fingerprint density at radius 2 is 1.34 bits per heavy atom. The summed E-state index contributed by atoms with van der Waals surface area (Å²) in [5.41, 5.74) is 7.72. The summed E-state index contributed by atoms with van der Waals surface area (Å²) in [5, 5.41) is 28.1. The highest BCUT2D eigenvalue weighted by Gasteiger charge is 2.22. The van der Waals surface area contributed by atoms with Crippen molar-refractivity contribution >= 4 is 49.0 Å². The predicted octanol–water partition coefficient (Wildman–Crippen LogP) is 6.36. The van der Waals surface area contributed by atoms with E-state index < -0.39 is 15.6 Å². The number of rotatable bonds is 5. The quantitative estimate of drug-likeness (QED) is 0.273. The first-order valence-corrected chi connectivity index (χ1v) is 11.5. The normalized spacial score (nSPS) is 12.2. The molecule has 9 heteroatoms. The van der Waals surface area contributed by atoms with Gasteiger partial charge in [0.2, 0.25) is 0 Å². The SMILES string of the molecule is CS(=O)(=O)c1cc2ccc(N=Nc3ccccc3)c(N)c2c(O)c1N=Nc1ccccc1. The maximum absolute atomic E-state index is 12.4. The van der Waals surface area contributed by atoms with Crippen molar-refractivity contribution in [3.05, 3.63) is 78.9 Å². The van der Waals surface area contributed by atoms with Gasteiger partial charge in [-0.05, 0) is 41.8 Å². The summed E-state index contributed by atoms with van der Waals surface area (Å²) in [6, 6.07) is 22.5. The Labute approximate surface area is 184 Å². The third-order valence-electron chi connectivity index (χ3n) is 4.69. The van der Waals surface area contributed by atoms with Crippen LogP contribution >= 0.6 is 0 Å². The van der Waals surface area contributed by atoms with Crippen molar-refractivity contribution in [3.8, 4) is 5.75 Å². The minimum Gasteiger partial charge on any atom is -0.505 e. The van der Waals surface area contributed by atoms with E-state index in [0.29, 0.717) is 22.4 Å². The van der Waals surface area contributed by atoms with Crippen molar-refractivity contribution in [2.24, 2.45) is 20.5 Å². The number of anilines is 1. The molecule has 0 aromatic heterocycles. The summed E-state index contributed by atoms with van der Waals surface area (Å²) in [5.74, 6) is -0.392. The molecule has 0 spiro atoms. The molecule has 160 valence electrons. The summed E-state index contributed by atoms with van der Waals surface area (Å²) in [7, 11) is -3.72. The van der Waals surface area contributed by atoms with Crippen molar-refractivity contribution in [1.82, 2.24) is 0 Å². The summed E-state index contributed by atoms with van der Waals surface area (Å²) in [4.78, 5) is -0.153. The fourth-order valence-electron chi connectivity index (χ4n) is 3.13. The lowest BCUT2D eigenvalue weighted by molar-refractivity contribution is 0.481. The van der Waals surface area contributed by atoms with Crippen LogP contribution in [-0.2, 0) is 9.84 Å². The van der Waals surface area contributed by atoms with Gasteiger partial charge in [0, 0.05) is 6.26 Å². The van der Waals surface area contributed by atoms with E-state index in [2.05, 4.69) is 20.5 Å². The van der Waals surface area contributed by atoms with Crippen molar-refractivity contribution in [2.75, 3.05) is 12.0 Å². The molecule has 0 aliphatic carbocycles. The summed E-state index contributed by atoms with van der Waals surface area (Å²) in [6.45, 7) is 0. The van der Waals surface area contributed by atoms with Crippen LogP contribution in [-0.4, -0.2) is 19.8 Å². The molecule has 8 nitrogen and oxygen atoms in total. The third-order valence-corrected chi connectivity index (χ3v) is 5.80. The number of nitrogen functional groups attached to an aromatic ring is 1. The second kappa shape index (κ2) is 8.56. The van der Waals surface area contributed by atoms with Gasteiger partial charge >= 0.3 is 0 Å². The molecule has 0 fully saturated rings. The summed E-state index contributed by atoms with van der Waals surface area (Å²) in [6.07, 6.45) is 1.04. The molecule has 0 atom stereocenters. The number of nitrogens with zero attached hydrogens (tertiary/aromatic N) is 4. The van der Waals surface area contributed by atoms with Gasteiger partial charge in [0.05, 0.1) is 27.3 Å². The van der Waals surface area contributed by atoms with Gasteiger partial charge < -0.3 is 10.8 Å². The van der Waals surface area contributed by atoms with Crippen molar-refractivity contribution in [3.63, 3.8) is 0 Å². The number of nitrogens with two attached hydrogens (primary N) is 1. The fraction of sp³-hybridized carbons (Fsp3) is 0.0435. The number of benzene rings is 4.